The van der Waals surface area contributed by atoms with Gasteiger partial charge in [-0.2, -0.15) is 0 Å². The van der Waals surface area contributed by atoms with E-state index < -0.39 is 5.60 Å². The molecule has 2 aliphatic heterocycles. The molecule has 0 aromatic rings. The molecule has 2 unspecified atom stereocenters. The van der Waals surface area contributed by atoms with Crippen molar-refractivity contribution in [1.29, 1.82) is 0 Å². The van der Waals surface area contributed by atoms with Crippen LogP contribution in [0.25, 0.3) is 0 Å². The largest absolute Gasteiger partial charge is 0.388 e. The van der Waals surface area contributed by atoms with E-state index in [9.17, 15) is 5.11 Å². The topological polar surface area (TPSA) is 58.3 Å². The number of hydrogen-bond acceptors (Lipinski definition) is 3. The highest BCUT2D eigenvalue weighted by Gasteiger charge is 2.55. The van der Waals surface area contributed by atoms with Crippen LogP contribution in [0.5, 0.6) is 0 Å². The fraction of sp³-hybridized carbons (Fsp3) is 1.00. The Kier molecular flexibility index (Phi) is 1.77. The van der Waals surface area contributed by atoms with Crippen molar-refractivity contribution in [2.75, 3.05) is 0 Å². The van der Waals surface area contributed by atoms with E-state index in [0.29, 0.717) is 12.1 Å². The fourth-order valence-corrected chi connectivity index (χ4v) is 3.55. The summed E-state index contributed by atoms with van der Waals surface area (Å²) in [6.45, 7) is 0. The maximum atomic E-state index is 10.7. The van der Waals surface area contributed by atoms with E-state index >= 15 is 0 Å². The van der Waals surface area contributed by atoms with Crippen LogP contribution in [-0.4, -0.2) is 28.3 Å². The molecule has 2 saturated heterocycles. The maximum Gasteiger partial charge on any atom is 0.0855 e. The number of aliphatic hydroxyl groups is 1. The highest BCUT2D eigenvalue weighted by Crippen LogP contribution is 2.47. The van der Waals surface area contributed by atoms with Crippen molar-refractivity contribution in [3.63, 3.8) is 0 Å². The lowest BCUT2D eigenvalue weighted by molar-refractivity contribution is -0.101. The third kappa shape index (κ3) is 1.09. The Balaban J connectivity index is 1.83. The Hall–Kier alpha value is -0.120. The maximum absolute atomic E-state index is 10.7. The van der Waals surface area contributed by atoms with E-state index in [4.69, 9.17) is 5.73 Å². The van der Waals surface area contributed by atoms with E-state index in [1.807, 2.05) is 0 Å². The third-order valence-corrected chi connectivity index (χ3v) is 4.68. The minimum absolute atomic E-state index is 0.254. The summed E-state index contributed by atoms with van der Waals surface area (Å²) in [5, 5.41) is 14.2. The van der Waals surface area contributed by atoms with Gasteiger partial charge in [0.2, 0.25) is 0 Å². The van der Waals surface area contributed by atoms with Crippen LogP contribution < -0.4 is 11.1 Å². The van der Waals surface area contributed by atoms with Crippen LogP contribution in [0.1, 0.15) is 44.9 Å². The van der Waals surface area contributed by atoms with Crippen molar-refractivity contribution < 1.29 is 5.11 Å². The summed E-state index contributed by atoms with van der Waals surface area (Å²) in [4.78, 5) is 0. The van der Waals surface area contributed by atoms with Crippen LogP contribution in [0.3, 0.4) is 0 Å². The summed E-state index contributed by atoms with van der Waals surface area (Å²) in [6.07, 6.45) is 7.43. The Morgan fingerprint density at radius 2 is 1.71 bits per heavy atom. The molecule has 3 aliphatic rings. The van der Waals surface area contributed by atoms with Crippen LogP contribution in [0.4, 0.5) is 0 Å². The van der Waals surface area contributed by atoms with Gasteiger partial charge in [0.05, 0.1) is 5.60 Å². The van der Waals surface area contributed by atoms with Crippen LogP contribution in [-0.2, 0) is 0 Å². The molecular formula is C11H20N2O. The molecule has 0 aromatic carbocycles. The molecule has 3 fully saturated rings. The number of nitrogens with one attached hydrogen (secondary N) is 1. The average molecular weight is 196 g/mol. The number of nitrogens with two attached hydrogens (primary N) is 1. The van der Waals surface area contributed by atoms with Gasteiger partial charge in [0.25, 0.3) is 0 Å². The van der Waals surface area contributed by atoms with E-state index in [2.05, 4.69) is 5.32 Å². The molecule has 80 valence electrons. The van der Waals surface area contributed by atoms with Gasteiger partial charge in [0.1, 0.15) is 0 Å². The number of piperidine rings is 1. The van der Waals surface area contributed by atoms with Gasteiger partial charge < -0.3 is 16.2 Å². The second-order valence-corrected chi connectivity index (χ2v) is 5.59. The molecule has 0 radical (unpaired) electrons. The zero-order valence-electron chi connectivity index (χ0n) is 8.63. The predicted octanol–water partition coefficient (Wildman–Crippen LogP) is 0.513. The minimum Gasteiger partial charge on any atom is -0.388 e. The second-order valence-electron chi connectivity index (χ2n) is 5.59. The molecule has 1 aliphatic carbocycles. The van der Waals surface area contributed by atoms with E-state index in [-0.39, 0.29) is 5.54 Å². The van der Waals surface area contributed by atoms with E-state index in [0.717, 1.165) is 25.7 Å². The van der Waals surface area contributed by atoms with Crippen molar-refractivity contribution in [2.45, 2.75) is 68.2 Å². The van der Waals surface area contributed by atoms with Crippen molar-refractivity contribution in [3.8, 4) is 0 Å². The molecule has 4 N–H and O–H groups in total. The summed E-state index contributed by atoms with van der Waals surface area (Å²) in [6, 6.07) is 1.06. The smallest absolute Gasteiger partial charge is 0.0855 e. The number of rotatable bonds is 1. The highest BCUT2D eigenvalue weighted by atomic mass is 16.3. The Morgan fingerprint density at radius 3 is 2.14 bits per heavy atom. The van der Waals surface area contributed by atoms with E-state index in [1.165, 1.54) is 19.3 Å². The minimum atomic E-state index is -0.567. The van der Waals surface area contributed by atoms with Gasteiger partial charge >= 0.3 is 0 Å². The number of hydrogen-bond donors (Lipinski definition) is 3. The van der Waals surface area contributed by atoms with Crippen molar-refractivity contribution in [2.24, 2.45) is 5.73 Å². The first-order chi connectivity index (χ1) is 6.61. The molecule has 2 atom stereocenters. The second kappa shape index (κ2) is 2.71. The fourth-order valence-electron chi connectivity index (χ4n) is 3.55. The molecule has 2 bridgehead atoms. The Morgan fingerprint density at radius 1 is 1.14 bits per heavy atom. The molecule has 1 saturated carbocycles. The standard InChI is InChI=1S/C11H20N2O/c12-10(4-1-5-10)11(14)6-8-2-3-9(7-11)13-8/h8-9,13-14H,1-7,12H2. The lowest BCUT2D eigenvalue weighted by Gasteiger charge is -2.54. The lowest BCUT2D eigenvalue weighted by atomic mass is 9.62. The van der Waals surface area contributed by atoms with Gasteiger partial charge in [0, 0.05) is 17.6 Å². The number of fused-ring (bicyclic) bond motifs is 2. The zero-order chi connectivity index (χ0) is 9.81. The first-order valence-electron chi connectivity index (χ1n) is 5.89. The summed E-state index contributed by atoms with van der Waals surface area (Å²) >= 11 is 0. The summed E-state index contributed by atoms with van der Waals surface area (Å²) in [5.74, 6) is 0. The summed E-state index contributed by atoms with van der Waals surface area (Å²) < 4.78 is 0. The molecule has 0 amide bonds. The molecule has 3 nitrogen and oxygen atoms in total. The SMILES string of the molecule is NC1(C2(O)CC3CCC(C2)N3)CCC1. The quantitative estimate of drug-likeness (QED) is 0.573. The van der Waals surface area contributed by atoms with Crippen LogP contribution in [0.15, 0.2) is 0 Å². The van der Waals surface area contributed by atoms with Gasteiger partial charge in [-0.15, -0.1) is 0 Å². The van der Waals surface area contributed by atoms with Gasteiger partial charge in [0.15, 0.2) is 0 Å². The van der Waals surface area contributed by atoms with Crippen LogP contribution >= 0.6 is 0 Å². The summed E-state index contributed by atoms with van der Waals surface area (Å²) in [5.41, 5.74) is 5.47. The van der Waals surface area contributed by atoms with Gasteiger partial charge in [-0.05, 0) is 44.9 Å². The van der Waals surface area contributed by atoms with Gasteiger partial charge in [-0.25, -0.2) is 0 Å². The van der Waals surface area contributed by atoms with Gasteiger partial charge in [-0.3, -0.25) is 0 Å². The lowest BCUT2D eigenvalue weighted by Crippen LogP contribution is -2.68. The van der Waals surface area contributed by atoms with Crippen LogP contribution in [0, 0.1) is 0 Å². The highest BCUT2D eigenvalue weighted by molar-refractivity contribution is 5.14. The first-order valence-corrected chi connectivity index (χ1v) is 5.89. The van der Waals surface area contributed by atoms with E-state index in [1.54, 1.807) is 0 Å². The normalized spacial score (nSPS) is 50.1. The molecular weight excluding hydrogens is 176 g/mol. The zero-order valence-corrected chi connectivity index (χ0v) is 8.63. The van der Waals surface area contributed by atoms with Crippen molar-refractivity contribution in [1.82, 2.24) is 5.32 Å². The third-order valence-electron chi connectivity index (χ3n) is 4.68. The summed E-state index contributed by atoms with van der Waals surface area (Å²) in [7, 11) is 0. The van der Waals surface area contributed by atoms with Crippen molar-refractivity contribution in [3.05, 3.63) is 0 Å². The molecule has 0 spiro atoms. The Bertz CT molecular complexity index is 238. The molecule has 2 heterocycles. The predicted molar refractivity (Wildman–Crippen MR) is 54.9 cm³/mol. The molecule has 3 rings (SSSR count). The average Bonchev–Trinajstić information content (AvgIpc) is 2.42. The molecule has 14 heavy (non-hydrogen) atoms. The molecule has 0 aromatic heterocycles. The first kappa shape index (κ1) is 9.13. The Labute approximate surface area is 85.1 Å². The van der Waals surface area contributed by atoms with Crippen LogP contribution in [0.2, 0.25) is 0 Å². The van der Waals surface area contributed by atoms with Gasteiger partial charge in [-0.1, -0.05) is 0 Å². The monoisotopic (exact) mass is 196 g/mol. The molecule has 3 heteroatoms. The van der Waals surface area contributed by atoms with Crippen molar-refractivity contribution >= 4 is 0 Å².